The van der Waals surface area contributed by atoms with Gasteiger partial charge in [0, 0.05) is 44.9 Å². The summed E-state index contributed by atoms with van der Waals surface area (Å²) >= 11 is 0. The van der Waals surface area contributed by atoms with Crippen molar-refractivity contribution in [3.8, 4) is 0 Å². The molecular weight excluding hydrogens is 252 g/mol. The number of carbonyl (C=O) groups excluding carboxylic acids is 1. The van der Waals surface area contributed by atoms with E-state index in [4.69, 9.17) is 5.73 Å². The van der Waals surface area contributed by atoms with Crippen molar-refractivity contribution in [3.05, 3.63) is 36.0 Å². The summed E-state index contributed by atoms with van der Waals surface area (Å²) in [6, 6.07) is 3.97. The molecule has 1 aliphatic rings. The van der Waals surface area contributed by atoms with Crippen LogP contribution >= 0.6 is 0 Å². The molecule has 1 amide bonds. The summed E-state index contributed by atoms with van der Waals surface area (Å²) < 4.78 is 0. The summed E-state index contributed by atoms with van der Waals surface area (Å²) in [6.07, 6.45) is 7.14. The Morgan fingerprint density at radius 1 is 1.50 bits per heavy atom. The van der Waals surface area contributed by atoms with Crippen molar-refractivity contribution in [2.75, 3.05) is 19.0 Å². The second-order valence-corrected chi connectivity index (χ2v) is 5.41. The molecule has 0 fully saturated rings. The molecule has 5 nitrogen and oxygen atoms in total. The molecule has 0 unspecified atom stereocenters. The average molecular weight is 274 g/mol. The van der Waals surface area contributed by atoms with Crippen molar-refractivity contribution in [1.82, 2.24) is 10.3 Å². The zero-order chi connectivity index (χ0) is 14.5. The SMILES string of the molecule is CN(C)c1ncccc1CNC(=O)C[C@H]1C=C[C@@H](N)C1. The lowest BCUT2D eigenvalue weighted by Gasteiger charge is -2.16. The summed E-state index contributed by atoms with van der Waals surface area (Å²) in [5.41, 5.74) is 6.80. The average Bonchev–Trinajstić information content (AvgIpc) is 2.82. The van der Waals surface area contributed by atoms with Gasteiger partial charge in [-0.2, -0.15) is 0 Å². The number of amides is 1. The topological polar surface area (TPSA) is 71.2 Å². The molecule has 0 saturated carbocycles. The third kappa shape index (κ3) is 3.81. The first-order valence-electron chi connectivity index (χ1n) is 6.88. The molecule has 1 heterocycles. The third-order valence-electron chi connectivity index (χ3n) is 3.42. The van der Waals surface area contributed by atoms with Crippen molar-refractivity contribution < 1.29 is 4.79 Å². The van der Waals surface area contributed by atoms with Gasteiger partial charge in [0.2, 0.25) is 5.91 Å². The lowest BCUT2D eigenvalue weighted by molar-refractivity contribution is -0.121. The first kappa shape index (κ1) is 14.5. The number of hydrogen-bond acceptors (Lipinski definition) is 4. The Labute approximate surface area is 119 Å². The van der Waals surface area contributed by atoms with Crippen molar-refractivity contribution in [3.63, 3.8) is 0 Å². The molecule has 5 heteroatoms. The number of anilines is 1. The van der Waals surface area contributed by atoms with Gasteiger partial charge in [0.15, 0.2) is 0 Å². The molecule has 108 valence electrons. The second-order valence-electron chi connectivity index (χ2n) is 5.41. The Morgan fingerprint density at radius 2 is 2.30 bits per heavy atom. The van der Waals surface area contributed by atoms with Gasteiger partial charge in [-0.25, -0.2) is 4.98 Å². The zero-order valence-corrected chi connectivity index (χ0v) is 12.0. The van der Waals surface area contributed by atoms with Crippen LogP contribution in [0.4, 0.5) is 5.82 Å². The highest BCUT2D eigenvalue weighted by atomic mass is 16.1. The zero-order valence-electron chi connectivity index (χ0n) is 12.0. The van der Waals surface area contributed by atoms with Crippen molar-refractivity contribution in [2.24, 2.45) is 11.7 Å². The number of nitrogens with one attached hydrogen (secondary N) is 1. The van der Waals surface area contributed by atoms with Gasteiger partial charge in [-0.3, -0.25) is 4.79 Å². The molecule has 0 aliphatic heterocycles. The molecule has 1 aromatic heterocycles. The van der Waals surface area contributed by atoms with Gasteiger partial charge in [0.05, 0.1) is 0 Å². The molecule has 1 aromatic rings. The van der Waals surface area contributed by atoms with E-state index in [1.54, 1.807) is 6.20 Å². The predicted molar refractivity (Wildman–Crippen MR) is 80.3 cm³/mol. The Bertz CT molecular complexity index is 498. The normalized spacial score (nSPS) is 20.9. The highest BCUT2D eigenvalue weighted by Crippen LogP contribution is 2.20. The number of rotatable bonds is 5. The molecule has 0 spiro atoms. The maximum absolute atomic E-state index is 11.9. The minimum absolute atomic E-state index is 0.0577. The van der Waals surface area contributed by atoms with E-state index in [1.807, 2.05) is 43.3 Å². The number of carbonyl (C=O) groups is 1. The number of aromatic nitrogens is 1. The Morgan fingerprint density at radius 3 is 2.95 bits per heavy atom. The number of hydrogen-bond donors (Lipinski definition) is 2. The first-order chi connectivity index (χ1) is 9.56. The van der Waals surface area contributed by atoms with Crippen LogP contribution in [0.15, 0.2) is 30.5 Å². The van der Waals surface area contributed by atoms with E-state index in [-0.39, 0.29) is 17.9 Å². The fourth-order valence-electron chi connectivity index (χ4n) is 2.43. The van der Waals surface area contributed by atoms with E-state index in [2.05, 4.69) is 10.3 Å². The van der Waals surface area contributed by atoms with Gasteiger partial charge >= 0.3 is 0 Å². The van der Waals surface area contributed by atoms with Gasteiger partial charge in [0.1, 0.15) is 5.82 Å². The van der Waals surface area contributed by atoms with Crippen LogP contribution in [-0.4, -0.2) is 31.0 Å². The number of pyridine rings is 1. The minimum atomic E-state index is 0.0577. The first-order valence-corrected chi connectivity index (χ1v) is 6.88. The van der Waals surface area contributed by atoms with E-state index in [1.165, 1.54) is 0 Å². The number of nitrogens with two attached hydrogens (primary N) is 1. The van der Waals surface area contributed by atoms with Crippen LogP contribution in [0, 0.1) is 5.92 Å². The lowest BCUT2D eigenvalue weighted by atomic mass is 10.0. The summed E-state index contributed by atoms with van der Waals surface area (Å²) in [5, 5.41) is 2.96. The van der Waals surface area contributed by atoms with Gasteiger partial charge in [-0.1, -0.05) is 18.2 Å². The largest absolute Gasteiger partial charge is 0.362 e. The van der Waals surface area contributed by atoms with E-state index >= 15 is 0 Å². The van der Waals surface area contributed by atoms with Crippen LogP contribution < -0.4 is 16.0 Å². The molecule has 1 aliphatic carbocycles. The molecule has 0 aromatic carbocycles. The van der Waals surface area contributed by atoms with Gasteiger partial charge in [-0.05, 0) is 18.4 Å². The summed E-state index contributed by atoms with van der Waals surface area (Å²) in [7, 11) is 3.89. The van der Waals surface area contributed by atoms with Gasteiger partial charge < -0.3 is 16.0 Å². The van der Waals surface area contributed by atoms with E-state index in [0.717, 1.165) is 17.8 Å². The van der Waals surface area contributed by atoms with Crippen LogP contribution in [0.25, 0.3) is 0 Å². The predicted octanol–water partition coefficient (Wildman–Crippen LogP) is 1.06. The Balaban J connectivity index is 1.86. The van der Waals surface area contributed by atoms with Crippen LogP contribution in [0.2, 0.25) is 0 Å². The molecule has 2 atom stereocenters. The monoisotopic (exact) mass is 274 g/mol. The maximum Gasteiger partial charge on any atom is 0.220 e. The molecule has 3 N–H and O–H groups in total. The maximum atomic E-state index is 11.9. The van der Waals surface area contributed by atoms with Crippen molar-refractivity contribution in [2.45, 2.75) is 25.4 Å². The van der Waals surface area contributed by atoms with Crippen molar-refractivity contribution >= 4 is 11.7 Å². The van der Waals surface area contributed by atoms with E-state index < -0.39 is 0 Å². The van der Waals surface area contributed by atoms with E-state index in [9.17, 15) is 4.79 Å². The van der Waals surface area contributed by atoms with Crippen LogP contribution in [0.5, 0.6) is 0 Å². The van der Waals surface area contributed by atoms with Crippen LogP contribution in [0.3, 0.4) is 0 Å². The standard InChI is InChI=1S/C15H22N4O/c1-19(2)15-12(4-3-7-17-15)10-18-14(20)9-11-5-6-13(16)8-11/h3-7,11,13H,8-10,16H2,1-2H3,(H,18,20)/t11-,13+/m0/s1. The number of nitrogens with zero attached hydrogens (tertiary/aromatic N) is 2. The van der Waals surface area contributed by atoms with Gasteiger partial charge in [-0.15, -0.1) is 0 Å². The van der Waals surface area contributed by atoms with Crippen molar-refractivity contribution in [1.29, 1.82) is 0 Å². The fraction of sp³-hybridized carbons (Fsp3) is 0.467. The summed E-state index contributed by atoms with van der Waals surface area (Å²) in [5.74, 6) is 1.21. The summed E-state index contributed by atoms with van der Waals surface area (Å²) in [4.78, 5) is 18.2. The third-order valence-corrected chi connectivity index (χ3v) is 3.42. The smallest absolute Gasteiger partial charge is 0.220 e. The van der Waals surface area contributed by atoms with Crippen LogP contribution in [-0.2, 0) is 11.3 Å². The van der Waals surface area contributed by atoms with Crippen LogP contribution in [0.1, 0.15) is 18.4 Å². The molecule has 2 rings (SSSR count). The molecule has 0 saturated heterocycles. The molecular formula is C15H22N4O. The molecule has 0 radical (unpaired) electrons. The summed E-state index contributed by atoms with van der Waals surface area (Å²) in [6.45, 7) is 0.503. The lowest BCUT2D eigenvalue weighted by Crippen LogP contribution is -2.26. The minimum Gasteiger partial charge on any atom is -0.362 e. The Hall–Kier alpha value is -1.88. The Kier molecular flexibility index (Phi) is 4.74. The second kappa shape index (κ2) is 6.52. The highest BCUT2D eigenvalue weighted by Gasteiger charge is 2.18. The quantitative estimate of drug-likeness (QED) is 0.788. The highest BCUT2D eigenvalue weighted by molar-refractivity contribution is 5.76. The fourth-order valence-corrected chi connectivity index (χ4v) is 2.43. The number of allylic oxidation sites excluding steroid dienone is 1. The molecule has 20 heavy (non-hydrogen) atoms. The molecule has 0 bridgehead atoms. The van der Waals surface area contributed by atoms with Gasteiger partial charge in [0.25, 0.3) is 0 Å². The van der Waals surface area contributed by atoms with E-state index in [0.29, 0.717) is 13.0 Å².